The van der Waals surface area contributed by atoms with Crippen LogP contribution in [0.1, 0.15) is 39.5 Å². The van der Waals surface area contributed by atoms with E-state index in [-0.39, 0.29) is 12.1 Å². The van der Waals surface area contributed by atoms with Crippen molar-refractivity contribution >= 4 is 12.0 Å². The summed E-state index contributed by atoms with van der Waals surface area (Å²) in [5, 5.41) is 2.43. The van der Waals surface area contributed by atoms with Crippen LogP contribution in [0.5, 0.6) is 0 Å². The van der Waals surface area contributed by atoms with Gasteiger partial charge in [-0.3, -0.25) is 4.79 Å². The summed E-state index contributed by atoms with van der Waals surface area (Å²) in [5.74, 6) is -0.159. The molecule has 1 heterocycles. The highest BCUT2D eigenvalue weighted by molar-refractivity contribution is 5.71. The summed E-state index contributed by atoms with van der Waals surface area (Å²) >= 11 is 0. The Morgan fingerprint density at radius 2 is 2.21 bits per heavy atom. The van der Waals surface area contributed by atoms with E-state index in [1.165, 1.54) is 0 Å². The monoisotopic (exact) mass is 272 g/mol. The fourth-order valence-electron chi connectivity index (χ4n) is 1.24. The van der Waals surface area contributed by atoms with Crippen LogP contribution in [-0.4, -0.2) is 31.3 Å². The molecular weight excluding hydrogens is 248 g/mol. The van der Waals surface area contributed by atoms with Gasteiger partial charge < -0.3 is 20.5 Å². The van der Waals surface area contributed by atoms with Gasteiger partial charge in [-0.15, -0.1) is 0 Å². The summed E-state index contributed by atoms with van der Waals surface area (Å²) in [7, 11) is 0. The molecule has 1 aliphatic heterocycles. The normalized spacial score (nSPS) is 16.6. The van der Waals surface area contributed by atoms with Gasteiger partial charge in [0, 0.05) is 13.0 Å². The zero-order valence-electron chi connectivity index (χ0n) is 11.7. The van der Waals surface area contributed by atoms with E-state index in [4.69, 9.17) is 15.2 Å². The number of primary amides is 1. The molecule has 110 valence electrons. The van der Waals surface area contributed by atoms with Crippen LogP contribution in [0.4, 0.5) is 4.79 Å². The third kappa shape index (κ3) is 11.1. The minimum Gasteiger partial charge on any atom is -0.495 e. The molecule has 6 nitrogen and oxygen atoms in total. The number of ether oxygens (including phenoxy) is 2. The maximum absolute atomic E-state index is 10.8. The summed E-state index contributed by atoms with van der Waals surface area (Å²) in [5.41, 5.74) is 4.73. The van der Waals surface area contributed by atoms with Gasteiger partial charge in [0.25, 0.3) is 0 Å². The predicted octanol–water partition coefficient (Wildman–Crippen LogP) is 1.70. The van der Waals surface area contributed by atoms with Crippen molar-refractivity contribution in [1.29, 1.82) is 0 Å². The van der Waals surface area contributed by atoms with E-state index in [9.17, 15) is 9.59 Å². The van der Waals surface area contributed by atoms with Gasteiger partial charge in [0.1, 0.15) is 12.7 Å². The van der Waals surface area contributed by atoms with Crippen LogP contribution in [0.3, 0.4) is 0 Å². The summed E-state index contributed by atoms with van der Waals surface area (Å²) in [4.78, 5) is 20.6. The van der Waals surface area contributed by atoms with E-state index in [1.807, 2.05) is 13.0 Å². The number of amides is 2. The van der Waals surface area contributed by atoms with Gasteiger partial charge in [0.05, 0.1) is 6.26 Å². The van der Waals surface area contributed by atoms with Crippen LogP contribution in [-0.2, 0) is 14.3 Å². The van der Waals surface area contributed by atoms with Crippen LogP contribution in [0, 0.1) is 0 Å². The number of esters is 1. The van der Waals surface area contributed by atoms with E-state index in [0.717, 1.165) is 19.3 Å². The molecule has 0 saturated heterocycles. The molecule has 0 aromatic heterocycles. The summed E-state index contributed by atoms with van der Waals surface area (Å²) in [6.07, 6.45) is 7.02. The minimum absolute atomic E-state index is 0.0606. The van der Waals surface area contributed by atoms with E-state index in [0.29, 0.717) is 19.6 Å². The fraction of sp³-hybridized carbons (Fsp3) is 0.692. The second kappa shape index (κ2) is 11.4. The molecule has 2 amide bonds. The average Bonchev–Trinajstić information content (AvgIpc) is 2.44. The number of urea groups is 1. The standard InChI is InChI=1S/C9H14O3.C4H10N2O/c1-2-9(10)12-7-8-5-3-4-6-11-8;1-2-3-6-4(5)7/h4,6,8H,2-3,5,7H2,1H3;2-3H2,1H3,(H3,5,6,7). The molecule has 0 fully saturated rings. The Labute approximate surface area is 114 Å². The summed E-state index contributed by atoms with van der Waals surface area (Å²) < 4.78 is 10.1. The number of nitrogens with two attached hydrogens (primary N) is 1. The molecule has 0 saturated carbocycles. The Morgan fingerprint density at radius 3 is 2.63 bits per heavy atom. The number of carbonyl (C=O) groups is 2. The minimum atomic E-state index is -0.443. The lowest BCUT2D eigenvalue weighted by Crippen LogP contribution is -2.29. The topological polar surface area (TPSA) is 90.7 Å². The van der Waals surface area contributed by atoms with Crippen molar-refractivity contribution in [2.45, 2.75) is 45.6 Å². The molecule has 3 N–H and O–H groups in total. The average molecular weight is 272 g/mol. The van der Waals surface area contributed by atoms with Gasteiger partial charge in [0.2, 0.25) is 0 Å². The molecule has 1 atom stereocenters. The first kappa shape index (κ1) is 17.3. The van der Waals surface area contributed by atoms with Crippen LogP contribution >= 0.6 is 0 Å². The van der Waals surface area contributed by atoms with E-state index in [2.05, 4.69) is 5.32 Å². The van der Waals surface area contributed by atoms with Gasteiger partial charge in [0.15, 0.2) is 0 Å². The molecule has 1 aliphatic rings. The Bertz CT molecular complexity index is 292. The predicted molar refractivity (Wildman–Crippen MR) is 72.4 cm³/mol. The van der Waals surface area contributed by atoms with Crippen LogP contribution in [0.2, 0.25) is 0 Å². The molecule has 0 spiro atoms. The number of allylic oxidation sites excluding steroid dienone is 1. The maximum Gasteiger partial charge on any atom is 0.312 e. The van der Waals surface area contributed by atoms with Gasteiger partial charge >= 0.3 is 12.0 Å². The van der Waals surface area contributed by atoms with Crippen molar-refractivity contribution in [2.24, 2.45) is 5.73 Å². The van der Waals surface area contributed by atoms with Gasteiger partial charge in [-0.25, -0.2) is 4.79 Å². The summed E-state index contributed by atoms with van der Waals surface area (Å²) in [6, 6.07) is -0.443. The zero-order valence-corrected chi connectivity index (χ0v) is 11.7. The van der Waals surface area contributed by atoms with Crippen molar-refractivity contribution in [3.05, 3.63) is 12.3 Å². The Morgan fingerprint density at radius 1 is 1.47 bits per heavy atom. The fourth-order valence-corrected chi connectivity index (χ4v) is 1.24. The van der Waals surface area contributed by atoms with E-state index in [1.54, 1.807) is 13.2 Å². The van der Waals surface area contributed by atoms with E-state index >= 15 is 0 Å². The first-order chi connectivity index (χ1) is 9.10. The van der Waals surface area contributed by atoms with Gasteiger partial charge in [-0.1, -0.05) is 13.8 Å². The molecule has 0 bridgehead atoms. The number of rotatable bonds is 5. The van der Waals surface area contributed by atoms with Crippen LogP contribution in [0.15, 0.2) is 12.3 Å². The highest BCUT2D eigenvalue weighted by atomic mass is 16.6. The van der Waals surface area contributed by atoms with Crippen molar-refractivity contribution in [1.82, 2.24) is 5.32 Å². The highest BCUT2D eigenvalue weighted by Crippen LogP contribution is 2.10. The smallest absolute Gasteiger partial charge is 0.312 e. The van der Waals surface area contributed by atoms with Crippen LogP contribution in [0.25, 0.3) is 0 Å². The van der Waals surface area contributed by atoms with E-state index < -0.39 is 6.03 Å². The highest BCUT2D eigenvalue weighted by Gasteiger charge is 2.12. The number of hydrogen-bond donors (Lipinski definition) is 2. The van der Waals surface area contributed by atoms with Crippen molar-refractivity contribution < 1.29 is 19.1 Å². The molecule has 19 heavy (non-hydrogen) atoms. The molecule has 0 aromatic rings. The molecular formula is C13H24N2O4. The molecule has 1 unspecified atom stereocenters. The van der Waals surface area contributed by atoms with Gasteiger partial charge in [-0.2, -0.15) is 0 Å². The lowest BCUT2D eigenvalue weighted by atomic mass is 10.2. The molecule has 0 radical (unpaired) electrons. The second-order valence-corrected chi connectivity index (χ2v) is 4.03. The third-order valence-electron chi connectivity index (χ3n) is 2.29. The SMILES string of the molecule is CCC(=O)OCC1CCC=CO1.CCCNC(N)=O. The lowest BCUT2D eigenvalue weighted by Gasteiger charge is -2.18. The van der Waals surface area contributed by atoms with Gasteiger partial charge in [-0.05, 0) is 25.3 Å². The van der Waals surface area contributed by atoms with Crippen molar-refractivity contribution in [3.8, 4) is 0 Å². The van der Waals surface area contributed by atoms with Crippen LogP contribution < -0.4 is 11.1 Å². The largest absolute Gasteiger partial charge is 0.495 e. The number of hydrogen-bond acceptors (Lipinski definition) is 4. The number of carbonyl (C=O) groups excluding carboxylic acids is 2. The molecule has 1 rings (SSSR count). The lowest BCUT2D eigenvalue weighted by molar-refractivity contribution is -0.146. The maximum atomic E-state index is 10.8. The molecule has 6 heteroatoms. The summed E-state index contributed by atoms with van der Waals surface area (Å²) in [6.45, 7) is 4.81. The Balaban J connectivity index is 0.000000399. The van der Waals surface area contributed by atoms with Crippen molar-refractivity contribution in [3.63, 3.8) is 0 Å². The number of nitrogens with one attached hydrogen (secondary N) is 1. The molecule has 0 aliphatic carbocycles. The first-order valence-corrected chi connectivity index (χ1v) is 6.59. The first-order valence-electron chi connectivity index (χ1n) is 6.59. The molecule has 0 aromatic carbocycles. The Kier molecular flexibility index (Phi) is 10.3. The third-order valence-corrected chi connectivity index (χ3v) is 2.29. The quantitative estimate of drug-likeness (QED) is 0.745. The Hall–Kier alpha value is -1.72. The second-order valence-electron chi connectivity index (χ2n) is 4.03. The zero-order chi connectivity index (χ0) is 14.5. The van der Waals surface area contributed by atoms with Crippen molar-refractivity contribution in [2.75, 3.05) is 13.2 Å².